The number of nitrogens with zero attached hydrogens (tertiary/aromatic N) is 9. The summed E-state index contributed by atoms with van der Waals surface area (Å²) in [6.45, 7) is 13.0. The van der Waals surface area contributed by atoms with Crippen LogP contribution in [0, 0.1) is 4.77 Å². The zero-order valence-electron chi connectivity index (χ0n) is 40.0. The lowest BCUT2D eigenvalue weighted by molar-refractivity contribution is 0.298. The quantitative estimate of drug-likeness (QED) is 0.0876. The second-order valence-electron chi connectivity index (χ2n) is 19.2. The molecule has 4 N–H and O–H groups in total. The molecule has 348 valence electrons. The van der Waals surface area contributed by atoms with Crippen molar-refractivity contribution in [1.29, 1.82) is 0 Å². The molecule has 4 aliphatic rings. The summed E-state index contributed by atoms with van der Waals surface area (Å²) in [7, 11) is 8.35. The molecule has 4 aliphatic carbocycles. The Balaban J connectivity index is 0.000000147. The molecule has 6 aromatic rings. The van der Waals surface area contributed by atoms with Gasteiger partial charge in [-0.1, -0.05) is 12.1 Å². The average molecular weight is 983 g/mol. The van der Waals surface area contributed by atoms with E-state index in [1.807, 2.05) is 0 Å². The van der Waals surface area contributed by atoms with Crippen LogP contribution in [0.1, 0.15) is 159 Å². The third-order valence-corrected chi connectivity index (χ3v) is 15.1. The topological polar surface area (TPSA) is 140 Å². The van der Waals surface area contributed by atoms with Crippen molar-refractivity contribution in [3.05, 3.63) is 101 Å². The first-order valence-electron chi connectivity index (χ1n) is 23.6. The third-order valence-electron chi connectivity index (χ3n) is 13.7. The highest BCUT2D eigenvalue weighted by Crippen LogP contribution is 2.40. The van der Waals surface area contributed by atoms with Gasteiger partial charge in [0, 0.05) is 36.3 Å². The molecule has 2 aromatic carbocycles. The zero-order chi connectivity index (χ0) is 46.1. The summed E-state index contributed by atoms with van der Waals surface area (Å²) in [5.74, 6) is 1.69. The lowest BCUT2D eigenvalue weighted by Crippen LogP contribution is -2.21. The molecule has 4 heterocycles. The molecule has 0 saturated carbocycles. The normalized spacial score (nSPS) is 15.8. The molecule has 16 heteroatoms. The van der Waals surface area contributed by atoms with Crippen LogP contribution in [0.2, 0.25) is 0 Å². The number of benzene rings is 2. The molecule has 0 amide bonds. The van der Waals surface area contributed by atoms with Gasteiger partial charge in [-0.05, 0) is 249 Å². The minimum Gasteiger partial charge on any atom is -0.324 e. The number of fused-ring (bicyclic) bond motifs is 4. The number of nitrogens with one attached hydrogen (secondary N) is 4. The van der Waals surface area contributed by atoms with Crippen molar-refractivity contribution in [3.8, 4) is 0 Å². The summed E-state index contributed by atoms with van der Waals surface area (Å²) in [4.78, 5) is 13.5. The fourth-order valence-electron chi connectivity index (χ4n) is 10.0. The van der Waals surface area contributed by atoms with E-state index in [1.165, 1.54) is 115 Å². The van der Waals surface area contributed by atoms with Crippen LogP contribution in [0.3, 0.4) is 0 Å². The molecule has 65 heavy (non-hydrogen) atoms. The number of aromatic nitrogens is 10. The SMILES string of the molecule is CC(c1cc(Br)nn1C(C)C)N(C)C.CC(c1cc(Sc2n[nH]c(Nc3c4c(cc5c3CCC5)CCC4)n2)nn1C(C)C)N(C)C.S=c1nc(Cc2c3c(cc4c2CCC4)CCC3)[nH][nH]1. The summed E-state index contributed by atoms with van der Waals surface area (Å²) in [5.41, 5.74) is 17.7. The fourth-order valence-corrected chi connectivity index (χ4v) is 11.3. The first-order valence-corrected chi connectivity index (χ1v) is 25.7. The van der Waals surface area contributed by atoms with E-state index in [4.69, 9.17) is 22.3 Å². The standard InChI is InChI=1S/C24H33N7S.C15H17N3S.C10H18BrN3/c1-14(2)31-20(15(3)30(4)5)13-21(29-31)32-24-26-23(27-28-24)25-22-18-10-6-8-16(18)12-17-9-7-11-19(17)22;19-15-16-14(17-18-15)8-13-11-5-1-3-9(11)7-10-4-2-6-12(10)13;1-7(2)14-9(6-10(11)12-14)8(3)13(4)5/h12-15H,6-11H2,1-5H3,(H2,25,26,27,28);7H,1-6,8H2,(H2,16,17,18,19);6-8H,1-5H3. The maximum Gasteiger partial charge on any atom is 0.224 e. The Bertz CT molecular complexity index is 2600. The number of anilines is 2. The van der Waals surface area contributed by atoms with E-state index in [2.05, 4.69) is 165 Å². The van der Waals surface area contributed by atoms with Crippen molar-refractivity contribution in [1.82, 2.24) is 59.7 Å². The molecule has 0 aliphatic heterocycles. The van der Waals surface area contributed by atoms with Crippen molar-refractivity contribution in [2.75, 3.05) is 33.5 Å². The molecule has 10 rings (SSSR count). The van der Waals surface area contributed by atoms with Crippen LogP contribution in [0.15, 0.2) is 39.1 Å². The minimum atomic E-state index is 0.283. The summed E-state index contributed by atoms with van der Waals surface area (Å²) in [5, 5.41) is 28.0. The Morgan fingerprint density at radius 3 is 1.69 bits per heavy atom. The van der Waals surface area contributed by atoms with Gasteiger partial charge in [0.05, 0.1) is 11.4 Å². The van der Waals surface area contributed by atoms with Gasteiger partial charge in [0.2, 0.25) is 15.9 Å². The number of hydrogen-bond acceptors (Lipinski definition) is 10. The Kier molecular flexibility index (Phi) is 14.9. The second kappa shape index (κ2) is 20.4. The predicted octanol–water partition coefficient (Wildman–Crippen LogP) is 11.0. The van der Waals surface area contributed by atoms with Crippen LogP contribution >= 0.6 is 39.9 Å². The highest BCUT2D eigenvalue weighted by atomic mass is 79.9. The predicted molar refractivity (Wildman–Crippen MR) is 268 cm³/mol. The molecule has 0 radical (unpaired) electrons. The second-order valence-corrected chi connectivity index (χ2v) is 21.4. The van der Waals surface area contributed by atoms with E-state index in [0.717, 1.165) is 34.7 Å². The molecule has 0 fully saturated rings. The van der Waals surface area contributed by atoms with Crippen molar-refractivity contribution in [2.24, 2.45) is 0 Å². The molecule has 2 atom stereocenters. The van der Waals surface area contributed by atoms with Gasteiger partial charge in [-0.15, -0.1) is 5.10 Å². The van der Waals surface area contributed by atoms with Crippen LogP contribution in [0.5, 0.6) is 0 Å². The van der Waals surface area contributed by atoms with Gasteiger partial charge in [0.25, 0.3) is 0 Å². The fraction of sp³-hybridized carbons (Fsp3) is 0.551. The van der Waals surface area contributed by atoms with Crippen molar-refractivity contribution in [3.63, 3.8) is 0 Å². The number of aromatic amines is 3. The van der Waals surface area contributed by atoms with E-state index in [0.29, 0.717) is 34.0 Å². The van der Waals surface area contributed by atoms with Crippen LogP contribution in [-0.2, 0) is 57.8 Å². The smallest absolute Gasteiger partial charge is 0.224 e. The molecular formula is C49H68BrN13S2. The number of H-pyrrole nitrogens is 3. The number of rotatable bonds is 12. The van der Waals surface area contributed by atoms with Gasteiger partial charge in [-0.3, -0.25) is 19.6 Å². The van der Waals surface area contributed by atoms with Gasteiger partial charge in [-0.2, -0.15) is 15.2 Å². The highest BCUT2D eigenvalue weighted by molar-refractivity contribution is 9.10. The molecule has 0 saturated heterocycles. The van der Waals surface area contributed by atoms with E-state index in [1.54, 1.807) is 27.8 Å². The van der Waals surface area contributed by atoms with E-state index in [9.17, 15) is 0 Å². The van der Waals surface area contributed by atoms with Crippen LogP contribution in [0.4, 0.5) is 11.6 Å². The number of aryl methyl sites for hydroxylation is 4. The maximum absolute atomic E-state index is 5.05. The molecule has 0 bridgehead atoms. The van der Waals surface area contributed by atoms with E-state index in [-0.39, 0.29) is 6.04 Å². The van der Waals surface area contributed by atoms with Gasteiger partial charge >= 0.3 is 0 Å². The number of halogens is 1. The third kappa shape index (κ3) is 10.6. The highest BCUT2D eigenvalue weighted by Gasteiger charge is 2.27. The summed E-state index contributed by atoms with van der Waals surface area (Å²) in [6, 6.07) is 10.5. The molecular weight excluding hydrogens is 915 g/mol. The number of hydrogen-bond donors (Lipinski definition) is 4. The maximum atomic E-state index is 5.05. The van der Waals surface area contributed by atoms with Crippen LogP contribution in [-0.4, -0.2) is 87.9 Å². The average Bonchev–Trinajstić information content (AvgIpc) is 4.10. The lowest BCUT2D eigenvalue weighted by Gasteiger charge is -2.22. The van der Waals surface area contributed by atoms with Gasteiger partial charge in [-0.25, -0.2) is 10.1 Å². The Morgan fingerprint density at radius 1 is 0.677 bits per heavy atom. The zero-order valence-corrected chi connectivity index (χ0v) is 43.2. The van der Waals surface area contributed by atoms with Gasteiger partial charge < -0.3 is 15.1 Å². The van der Waals surface area contributed by atoms with Crippen molar-refractivity contribution >= 4 is 51.5 Å². The summed E-state index contributed by atoms with van der Waals surface area (Å²) in [6.07, 6.45) is 15.7. The van der Waals surface area contributed by atoms with E-state index >= 15 is 0 Å². The first-order chi connectivity index (χ1) is 31.1. The van der Waals surface area contributed by atoms with Crippen LogP contribution < -0.4 is 5.32 Å². The Labute approximate surface area is 402 Å². The molecule has 0 spiro atoms. The lowest BCUT2D eigenvalue weighted by atomic mass is 9.92. The van der Waals surface area contributed by atoms with E-state index < -0.39 is 0 Å². The summed E-state index contributed by atoms with van der Waals surface area (Å²) >= 11 is 9.98. The Morgan fingerprint density at radius 2 is 1.18 bits per heavy atom. The van der Waals surface area contributed by atoms with Crippen molar-refractivity contribution < 1.29 is 0 Å². The summed E-state index contributed by atoms with van der Waals surface area (Å²) < 4.78 is 5.64. The molecule has 13 nitrogen and oxygen atoms in total. The van der Waals surface area contributed by atoms with Gasteiger partial charge in [0.15, 0.2) is 0 Å². The first kappa shape index (κ1) is 47.4. The molecule has 4 aromatic heterocycles. The monoisotopic (exact) mass is 981 g/mol. The van der Waals surface area contributed by atoms with Gasteiger partial charge in [0.1, 0.15) is 15.5 Å². The largest absolute Gasteiger partial charge is 0.324 e. The Hall–Kier alpha value is -4.09. The van der Waals surface area contributed by atoms with Crippen LogP contribution in [0.25, 0.3) is 0 Å². The minimum absolute atomic E-state index is 0.283. The molecule has 2 unspecified atom stereocenters. The van der Waals surface area contributed by atoms with Crippen molar-refractivity contribution in [2.45, 2.75) is 159 Å².